The van der Waals surface area contributed by atoms with Gasteiger partial charge in [0.05, 0.1) is 35.2 Å². The summed E-state index contributed by atoms with van der Waals surface area (Å²) in [5.41, 5.74) is -6.37. The molecule has 314 valence electrons. The Morgan fingerprint density at radius 2 is 1.75 bits per heavy atom. The normalized spacial score (nSPS) is 34.2. The Labute approximate surface area is 323 Å². The van der Waals surface area contributed by atoms with E-state index in [2.05, 4.69) is 9.68 Å². The van der Waals surface area contributed by atoms with Gasteiger partial charge in [-0.3, -0.25) is 30.4 Å². The number of aliphatic hydroxyl groups is 1. The Morgan fingerprint density at radius 1 is 1.04 bits per heavy atom. The molecule has 1 aromatic rings. The summed E-state index contributed by atoms with van der Waals surface area (Å²) in [6.45, 7) is 4.49. The van der Waals surface area contributed by atoms with Crippen LogP contribution in [-0.2, 0) is 38.2 Å². The van der Waals surface area contributed by atoms with Crippen molar-refractivity contribution in [3.63, 3.8) is 0 Å². The predicted molar refractivity (Wildman–Crippen MR) is 180 cm³/mol. The van der Waals surface area contributed by atoms with E-state index >= 15 is 4.39 Å². The highest BCUT2D eigenvalue weighted by atomic mass is 19.1. The first-order valence-corrected chi connectivity index (χ1v) is 18.0. The minimum Gasteiger partial charge on any atom is -0.504 e. The van der Waals surface area contributed by atoms with Crippen LogP contribution in [0.15, 0.2) is 35.9 Å². The molecule has 1 aliphatic heterocycles. The second-order valence-electron chi connectivity index (χ2n) is 15.7. The zero-order valence-electron chi connectivity index (χ0n) is 31.3. The molecule has 21 heteroatoms. The Balaban J connectivity index is 1.15. The number of phenols is 2. The van der Waals surface area contributed by atoms with Crippen molar-refractivity contribution in [1.82, 2.24) is 10.8 Å². The van der Waals surface area contributed by atoms with E-state index in [4.69, 9.17) is 44.5 Å². The van der Waals surface area contributed by atoms with Gasteiger partial charge in [-0.1, -0.05) is 18.6 Å². The van der Waals surface area contributed by atoms with Crippen molar-refractivity contribution in [2.45, 2.75) is 95.2 Å². The number of carbonyl (C=O) groups is 4. The molecule has 1 aromatic carbocycles. The molecule has 1 heterocycles. The molecule has 20 nitrogen and oxygen atoms in total. The number of hydrogen-bond donors (Lipinski definition) is 7. The average Bonchev–Trinajstić information content (AvgIpc) is 3.53. The fourth-order valence-corrected chi connectivity index (χ4v) is 9.76. The molecular weight excluding hydrogens is 767 g/mol. The zero-order chi connectivity index (χ0) is 41.9. The summed E-state index contributed by atoms with van der Waals surface area (Å²) >= 11 is 0. The first kappa shape index (κ1) is 42.5. The van der Waals surface area contributed by atoms with Gasteiger partial charge in [-0.2, -0.15) is 0 Å². The van der Waals surface area contributed by atoms with E-state index in [0.717, 1.165) is 12.1 Å². The smallest absolute Gasteiger partial charge is 0.504 e. The lowest BCUT2D eigenvalue weighted by Gasteiger charge is -2.62. The third-order valence-electron chi connectivity index (χ3n) is 12.1. The summed E-state index contributed by atoms with van der Waals surface area (Å²) in [5, 5.41) is 66.2. The number of phenolic OH excluding ortho intramolecular Hbond substituents is 2. The van der Waals surface area contributed by atoms with E-state index < -0.39 is 129 Å². The number of carbonyl (C=O) groups excluding carboxylic acids is 4. The van der Waals surface area contributed by atoms with Gasteiger partial charge in [0.1, 0.15) is 12.7 Å². The maximum atomic E-state index is 17.7. The molecule has 1 saturated heterocycles. The predicted octanol–water partition coefficient (Wildman–Crippen LogP) is 2.99. The lowest BCUT2D eigenvalue weighted by Crippen LogP contribution is -2.70. The summed E-state index contributed by atoms with van der Waals surface area (Å²) in [7, 11) is 0. The number of fused-ring (bicyclic) bond motifs is 7. The van der Waals surface area contributed by atoms with E-state index in [1.807, 2.05) is 0 Å². The second-order valence-corrected chi connectivity index (χ2v) is 15.7. The maximum Gasteiger partial charge on any atom is 0.514 e. The molecule has 0 amide bonds. The minimum absolute atomic E-state index is 0.180. The van der Waals surface area contributed by atoms with Crippen LogP contribution in [0.4, 0.5) is 9.18 Å². The molecule has 0 aromatic heterocycles. The number of rotatable bonds is 13. The fraction of sp³-hybridized carbons (Fsp3) is 0.611. The highest BCUT2D eigenvalue weighted by molar-refractivity contribution is 6.01. The highest BCUT2D eigenvalue weighted by Crippen LogP contribution is 2.72. The number of aromatic hydroxyl groups is 2. The summed E-state index contributed by atoms with van der Waals surface area (Å²) in [6.07, 6.45) is -0.786. The monoisotopic (exact) mass is 812 g/mol. The molecule has 4 fully saturated rings. The molecule has 9 atom stereocenters. The number of benzene rings is 1. The standard InChI is InChI=1S/C36H45FN2O18/c1-32(2)55-28-14-23-22-6-5-19-13-20(40)7-9-33(19,3)35(22,37)26(42)15-34(23,4)36(28,57-32)27(43)17-52-31(46)54-25-12-18(11-24(41)29(25)44)30(45)51-10-8-21(56-39(49)50)16-53-38(47)48/h7,9,11-13,21-23,26,28,41-42,44,47-50H,5-6,8,10,14-17H2,1-4H3/t21?,22?,23?,26-,28+,33-,34-,35-,36+/m0/s1. The third kappa shape index (κ3) is 7.31. The number of esters is 1. The van der Waals surface area contributed by atoms with Crippen molar-refractivity contribution in [1.29, 1.82) is 0 Å². The summed E-state index contributed by atoms with van der Waals surface area (Å²) in [6, 6.07) is 1.60. The molecule has 4 aliphatic carbocycles. The Hall–Kier alpha value is -4.13. The number of alkyl halides is 1. The molecule has 3 saturated carbocycles. The van der Waals surface area contributed by atoms with Crippen LogP contribution in [-0.4, -0.2) is 126 Å². The van der Waals surface area contributed by atoms with Gasteiger partial charge >= 0.3 is 12.1 Å². The van der Waals surface area contributed by atoms with Crippen molar-refractivity contribution >= 4 is 23.7 Å². The fourth-order valence-electron chi connectivity index (χ4n) is 9.76. The largest absolute Gasteiger partial charge is 0.514 e. The third-order valence-corrected chi connectivity index (χ3v) is 12.1. The Bertz CT molecular complexity index is 1850. The first-order valence-electron chi connectivity index (χ1n) is 18.0. The van der Waals surface area contributed by atoms with Crippen LogP contribution in [0.3, 0.4) is 0 Å². The van der Waals surface area contributed by atoms with Crippen LogP contribution >= 0.6 is 0 Å². The van der Waals surface area contributed by atoms with Crippen LogP contribution in [0, 0.1) is 22.7 Å². The zero-order valence-corrected chi connectivity index (χ0v) is 31.3. The molecule has 0 radical (unpaired) electrons. The van der Waals surface area contributed by atoms with Crippen LogP contribution in [0.1, 0.15) is 70.2 Å². The van der Waals surface area contributed by atoms with Crippen LogP contribution in [0.25, 0.3) is 0 Å². The summed E-state index contributed by atoms with van der Waals surface area (Å²) < 4.78 is 45.6. The molecule has 0 spiro atoms. The minimum atomic E-state index is -2.19. The van der Waals surface area contributed by atoms with Crippen molar-refractivity contribution in [2.24, 2.45) is 22.7 Å². The van der Waals surface area contributed by atoms with Gasteiger partial charge in [-0.25, -0.2) is 23.7 Å². The number of ether oxygens (including phenoxy) is 5. The van der Waals surface area contributed by atoms with E-state index in [1.165, 1.54) is 18.2 Å². The molecule has 6 rings (SSSR count). The van der Waals surface area contributed by atoms with Gasteiger partial charge in [0.2, 0.25) is 11.5 Å². The number of Topliss-reactive ketones (excluding diaryl/α,β-unsaturated/α-hetero) is 1. The number of hydrogen-bond acceptors (Lipinski definition) is 20. The van der Waals surface area contributed by atoms with E-state index in [0.29, 0.717) is 12.0 Å². The molecule has 7 N–H and O–H groups in total. The number of aliphatic hydroxyl groups excluding tert-OH is 1. The maximum absolute atomic E-state index is 17.7. The van der Waals surface area contributed by atoms with Gasteiger partial charge in [0.25, 0.3) is 0 Å². The van der Waals surface area contributed by atoms with E-state index in [1.54, 1.807) is 27.7 Å². The topological polar surface area (TPSA) is 281 Å². The van der Waals surface area contributed by atoms with Gasteiger partial charge in [0.15, 0.2) is 40.9 Å². The average molecular weight is 813 g/mol. The molecular formula is C36H45FN2O18. The van der Waals surface area contributed by atoms with Gasteiger partial charge < -0.3 is 39.0 Å². The Kier molecular flexibility index (Phi) is 11.4. The number of ketones is 2. The van der Waals surface area contributed by atoms with Crippen molar-refractivity contribution in [3.8, 4) is 17.2 Å². The summed E-state index contributed by atoms with van der Waals surface area (Å²) in [4.78, 5) is 61.1. The Morgan fingerprint density at radius 3 is 2.44 bits per heavy atom. The summed E-state index contributed by atoms with van der Waals surface area (Å²) in [5.74, 6) is -7.45. The van der Waals surface area contributed by atoms with Gasteiger partial charge in [-0.15, -0.1) is 0 Å². The first-order chi connectivity index (χ1) is 26.6. The van der Waals surface area contributed by atoms with E-state index in [9.17, 15) is 34.5 Å². The SMILES string of the molecule is CC1(C)O[C@@H]2CC3C4CCC5=CC(=O)C=C[C@]5(C)[C@@]4(F)[C@@H](O)C[C@]3(C)[C@]2(C(=O)COC(=O)Oc2cc(C(=O)OCCC(CON(O)O)ON(O)O)cc(O)c2O)O1. The molecule has 0 bridgehead atoms. The van der Waals surface area contributed by atoms with Crippen LogP contribution in [0.5, 0.6) is 17.2 Å². The number of allylic oxidation sites excluding steroid dienone is 4. The lowest BCUT2D eigenvalue weighted by molar-refractivity contribution is -0.527. The van der Waals surface area contributed by atoms with Crippen molar-refractivity contribution < 1.29 is 93.1 Å². The van der Waals surface area contributed by atoms with Gasteiger partial charge in [-0.05, 0) is 76.7 Å². The van der Waals surface area contributed by atoms with Crippen LogP contribution < -0.4 is 4.74 Å². The van der Waals surface area contributed by atoms with Crippen molar-refractivity contribution in [2.75, 3.05) is 19.8 Å². The molecule has 5 aliphatic rings. The molecule has 57 heavy (non-hydrogen) atoms. The highest BCUT2D eigenvalue weighted by Gasteiger charge is 2.80. The molecule has 3 unspecified atom stereocenters. The second kappa shape index (κ2) is 15.2. The van der Waals surface area contributed by atoms with Crippen molar-refractivity contribution in [3.05, 3.63) is 41.5 Å². The quantitative estimate of drug-likeness (QED) is 0.0652. The van der Waals surface area contributed by atoms with Gasteiger partial charge in [0, 0.05) is 23.2 Å². The number of halogens is 1. The van der Waals surface area contributed by atoms with Crippen LogP contribution in [0.2, 0.25) is 0 Å². The number of nitrogens with zero attached hydrogens (tertiary/aromatic N) is 2. The van der Waals surface area contributed by atoms with E-state index in [-0.39, 0.29) is 31.5 Å². The lowest BCUT2D eigenvalue weighted by atomic mass is 9.44.